The number of hydrogen-bond acceptors (Lipinski definition) is 3. The average Bonchev–Trinajstić information content (AvgIpc) is 2.56. The third-order valence-corrected chi connectivity index (χ3v) is 5.48. The number of fused-ring (bicyclic) bond motifs is 1. The molecule has 1 fully saturated rings. The molecule has 3 nitrogen and oxygen atoms in total. The van der Waals surface area contributed by atoms with Gasteiger partial charge in [-0.3, -0.25) is 9.78 Å². The Hall–Kier alpha value is -1.42. The van der Waals surface area contributed by atoms with Crippen molar-refractivity contribution >= 4 is 38.3 Å². The number of halogens is 1. The molecule has 0 spiro atoms. The molecule has 3 rings (SSSR count). The van der Waals surface area contributed by atoms with Crippen LogP contribution in [0.25, 0.3) is 10.9 Å². The molecular formula is C20H25BrN2O. The molecule has 2 aromatic rings. The van der Waals surface area contributed by atoms with E-state index in [2.05, 4.69) is 39.2 Å². The summed E-state index contributed by atoms with van der Waals surface area (Å²) in [6.45, 7) is 6.21. The van der Waals surface area contributed by atoms with Gasteiger partial charge in [0.1, 0.15) is 0 Å². The minimum atomic E-state index is -0.0386. The van der Waals surface area contributed by atoms with E-state index >= 15 is 0 Å². The largest absolute Gasteiger partial charge is 0.381 e. The number of pyridine rings is 1. The minimum absolute atomic E-state index is 0.0386. The number of hydrogen-bond donors (Lipinski definition) is 1. The van der Waals surface area contributed by atoms with Crippen molar-refractivity contribution in [2.24, 2.45) is 11.8 Å². The van der Waals surface area contributed by atoms with Gasteiger partial charge in [-0.05, 0) is 49.8 Å². The van der Waals surface area contributed by atoms with E-state index in [9.17, 15) is 4.79 Å². The van der Waals surface area contributed by atoms with Gasteiger partial charge >= 0.3 is 0 Å². The van der Waals surface area contributed by atoms with Gasteiger partial charge in [0.2, 0.25) is 0 Å². The summed E-state index contributed by atoms with van der Waals surface area (Å²) in [6, 6.07) is 6.49. The SMILES string of the molecule is CC(C)C(=O)c1cnc2ccc(Br)cc2c1N[C@H]1CC[C@H](C)CC1. The number of carbonyl (C=O) groups excluding carboxylic acids is 1. The van der Waals surface area contributed by atoms with E-state index in [1.165, 1.54) is 12.8 Å². The summed E-state index contributed by atoms with van der Waals surface area (Å²) >= 11 is 3.55. The standard InChI is InChI=1S/C20H25BrN2O/c1-12(2)20(24)17-11-22-18-9-6-14(21)10-16(18)19(17)23-15-7-4-13(3)5-8-15/h6,9-13,15H,4-5,7-8H2,1-3H3,(H,22,23)/t13-,15-. The number of ketones is 1. The fourth-order valence-corrected chi connectivity index (χ4v) is 3.79. The highest BCUT2D eigenvalue weighted by molar-refractivity contribution is 9.10. The lowest BCUT2D eigenvalue weighted by atomic mass is 9.87. The third kappa shape index (κ3) is 3.64. The smallest absolute Gasteiger partial charge is 0.169 e. The maximum atomic E-state index is 12.7. The van der Waals surface area contributed by atoms with Gasteiger partial charge in [0.05, 0.1) is 16.8 Å². The Kier molecular flexibility index (Phi) is 5.24. The van der Waals surface area contributed by atoms with Crippen LogP contribution in [0.4, 0.5) is 5.69 Å². The van der Waals surface area contributed by atoms with E-state index in [0.717, 1.165) is 39.8 Å². The van der Waals surface area contributed by atoms with Crippen molar-refractivity contribution in [3.63, 3.8) is 0 Å². The molecule has 1 aromatic heterocycles. The second-order valence-electron chi connectivity index (χ2n) is 7.33. The Morgan fingerprint density at radius 1 is 1.25 bits per heavy atom. The summed E-state index contributed by atoms with van der Waals surface area (Å²) in [5, 5.41) is 4.72. The number of nitrogens with zero attached hydrogens (tertiary/aromatic N) is 1. The molecule has 0 saturated heterocycles. The fourth-order valence-electron chi connectivity index (χ4n) is 3.43. The maximum Gasteiger partial charge on any atom is 0.169 e. The summed E-state index contributed by atoms with van der Waals surface area (Å²) in [6.07, 6.45) is 6.56. The first-order valence-electron chi connectivity index (χ1n) is 8.84. The van der Waals surface area contributed by atoms with Crippen molar-refractivity contribution in [1.29, 1.82) is 0 Å². The molecule has 24 heavy (non-hydrogen) atoms. The van der Waals surface area contributed by atoms with Crippen LogP contribution < -0.4 is 5.32 Å². The Labute approximate surface area is 152 Å². The molecule has 1 aromatic carbocycles. The normalized spacial score (nSPS) is 21.2. The lowest BCUT2D eigenvalue weighted by Crippen LogP contribution is -2.26. The first-order chi connectivity index (χ1) is 11.5. The second kappa shape index (κ2) is 7.22. The van der Waals surface area contributed by atoms with Crippen molar-refractivity contribution in [3.05, 3.63) is 34.4 Å². The average molecular weight is 389 g/mol. The molecule has 0 aliphatic heterocycles. The molecule has 4 heteroatoms. The van der Waals surface area contributed by atoms with Crippen LogP contribution in [-0.2, 0) is 0 Å². The van der Waals surface area contributed by atoms with Crippen molar-refractivity contribution < 1.29 is 4.79 Å². The molecule has 0 amide bonds. The Morgan fingerprint density at radius 2 is 1.96 bits per heavy atom. The lowest BCUT2D eigenvalue weighted by molar-refractivity contribution is 0.0940. The van der Waals surface area contributed by atoms with Crippen LogP contribution in [-0.4, -0.2) is 16.8 Å². The van der Waals surface area contributed by atoms with Gasteiger partial charge in [0.25, 0.3) is 0 Å². The lowest BCUT2D eigenvalue weighted by Gasteiger charge is -2.29. The van der Waals surface area contributed by atoms with Gasteiger partial charge in [-0.2, -0.15) is 0 Å². The van der Waals surface area contributed by atoms with Gasteiger partial charge in [0.15, 0.2) is 5.78 Å². The number of rotatable bonds is 4. The van der Waals surface area contributed by atoms with Crippen LogP contribution in [0.15, 0.2) is 28.9 Å². The molecule has 128 valence electrons. The second-order valence-corrected chi connectivity index (χ2v) is 8.24. The van der Waals surface area contributed by atoms with E-state index in [-0.39, 0.29) is 11.7 Å². The van der Waals surface area contributed by atoms with Crippen molar-refractivity contribution in [2.75, 3.05) is 5.32 Å². The summed E-state index contributed by atoms with van der Waals surface area (Å²) in [5.74, 6) is 0.919. The summed E-state index contributed by atoms with van der Waals surface area (Å²) in [4.78, 5) is 17.2. The molecule has 1 heterocycles. The number of nitrogens with one attached hydrogen (secondary N) is 1. The maximum absolute atomic E-state index is 12.7. The third-order valence-electron chi connectivity index (χ3n) is 4.98. The minimum Gasteiger partial charge on any atom is -0.381 e. The zero-order valence-corrected chi connectivity index (χ0v) is 16.2. The van der Waals surface area contributed by atoms with E-state index in [4.69, 9.17) is 0 Å². The van der Waals surface area contributed by atoms with Gasteiger partial charge in [-0.25, -0.2) is 0 Å². The molecule has 0 radical (unpaired) electrons. The Bertz CT molecular complexity index is 749. The van der Waals surface area contributed by atoms with Crippen LogP contribution >= 0.6 is 15.9 Å². The van der Waals surface area contributed by atoms with E-state index in [1.54, 1.807) is 6.20 Å². The van der Waals surface area contributed by atoms with Crippen molar-refractivity contribution in [1.82, 2.24) is 4.98 Å². The highest BCUT2D eigenvalue weighted by Gasteiger charge is 2.23. The molecule has 0 unspecified atom stereocenters. The number of carbonyl (C=O) groups is 1. The van der Waals surface area contributed by atoms with Crippen LogP contribution in [0, 0.1) is 11.8 Å². The van der Waals surface area contributed by atoms with Crippen LogP contribution in [0.5, 0.6) is 0 Å². The van der Waals surface area contributed by atoms with Gasteiger partial charge in [0, 0.05) is 28.0 Å². The van der Waals surface area contributed by atoms with Crippen LogP contribution in [0.1, 0.15) is 56.8 Å². The molecular weight excluding hydrogens is 364 g/mol. The van der Waals surface area contributed by atoms with E-state index in [1.807, 2.05) is 26.0 Å². The van der Waals surface area contributed by atoms with Crippen molar-refractivity contribution in [3.8, 4) is 0 Å². The molecule has 1 aliphatic carbocycles. The van der Waals surface area contributed by atoms with Gasteiger partial charge in [-0.1, -0.05) is 36.7 Å². The predicted octanol–water partition coefficient (Wildman–Crippen LogP) is 5.83. The van der Waals surface area contributed by atoms with E-state index < -0.39 is 0 Å². The van der Waals surface area contributed by atoms with Crippen molar-refractivity contribution in [2.45, 2.75) is 52.5 Å². The fraction of sp³-hybridized carbons (Fsp3) is 0.500. The molecule has 1 aliphatic rings. The number of anilines is 1. The first kappa shape index (κ1) is 17.4. The predicted molar refractivity (Wildman–Crippen MR) is 104 cm³/mol. The Balaban J connectivity index is 2.05. The van der Waals surface area contributed by atoms with E-state index in [0.29, 0.717) is 11.6 Å². The number of Topliss-reactive ketones (excluding diaryl/α,β-unsaturated/α-hetero) is 1. The summed E-state index contributed by atoms with van der Waals surface area (Å²) in [5.41, 5.74) is 2.60. The summed E-state index contributed by atoms with van der Waals surface area (Å²) < 4.78 is 1.01. The van der Waals surface area contributed by atoms with Gasteiger partial charge < -0.3 is 5.32 Å². The molecule has 0 bridgehead atoms. The summed E-state index contributed by atoms with van der Waals surface area (Å²) in [7, 11) is 0. The molecule has 1 N–H and O–H groups in total. The topological polar surface area (TPSA) is 42.0 Å². The Morgan fingerprint density at radius 3 is 2.62 bits per heavy atom. The van der Waals surface area contributed by atoms with Crippen LogP contribution in [0.2, 0.25) is 0 Å². The van der Waals surface area contributed by atoms with Gasteiger partial charge in [-0.15, -0.1) is 0 Å². The highest BCUT2D eigenvalue weighted by Crippen LogP contribution is 2.33. The number of aromatic nitrogens is 1. The zero-order valence-electron chi connectivity index (χ0n) is 14.6. The number of benzene rings is 1. The van der Waals surface area contributed by atoms with Crippen LogP contribution in [0.3, 0.4) is 0 Å². The highest BCUT2D eigenvalue weighted by atomic mass is 79.9. The molecule has 1 saturated carbocycles. The quantitative estimate of drug-likeness (QED) is 0.670. The first-order valence-corrected chi connectivity index (χ1v) is 9.64. The molecule has 0 atom stereocenters. The monoisotopic (exact) mass is 388 g/mol. The zero-order chi connectivity index (χ0) is 17.3.